The van der Waals surface area contributed by atoms with Crippen LogP contribution < -0.4 is 0 Å². The molecule has 3 aromatic rings. The molecule has 28 heavy (non-hydrogen) atoms. The lowest BCUT2D eigenvalue weighted by Crippen LogP contribution is -2.12. The summed E-state index contributed by atoms with van der Waals surface area (Å²) in [6.45, 7) is 4.31. The Balaban J connectivity index is 2.30. The minimum absolute atomic E-state index is 0.226. The summed E-state index contributed by atoms with van der Waals surface area (Å²) in [6, 6.07) is 19.4. The van der Waals surface area contributed by atoms with Crippen molar-refractivity contribution in [3.05, 3.63) is 83.0 Å². The number of hydrogen-bond donors (Lipinski definition) is 0. The summed E-state index contributed by atoms with van der Waals surface area (Å²) in [5, 5.41) is 0. The largest absolute Gasteiger partial charge is 0.465 e. The maximum Gasteiger partial charge on any atom is 0.340 e. The standard InChI is InChI=1S/C23H23NO4/c1-4-28-23(26)19-16(2)24(15-17-11-7-5-8-12-17)21(20(19)22(25)27-3)18-13-9-6-10-14-18/h5-14H,4,15H2,1-3H3. The number of rotatable bonds is 6. The van der Waals surface area contributed by atoms with E-state index in [-0.39, 0.29) is 17.7 Å². The zero-order valence-electron chi connectivity index (χ0n) is 16.3. The predicted molar refractivity (Wildman–Crippen MR) is 107 cm³/mol. The summed E-state index contributed by atoms with van der Waals surface area (Å²) in [5.74, 6) is -1.08. The molecular weight excluding hydrogens is 354 g/mol. The highest BCUT2D eigenvalue weighted by molar-refractivity contribution is 6.08. The van der Waals surface area contributed by atoms with Crippen molar-refractivity contribution in [2.45, 2.75) is 20.4 Å². The van der Waals surface area contributed by atoms with Gasteiger partial charge in [-0.15, -0.1) is 0 Å². The van der Waals surface area contributed by atoms with Crippen molar-refractivity contribution in [2.24, 2.45) is 0 Å². The first kappa shape index (κ1) is 19.4. The number of nitrogens with zero attached hydrogens (tertiary/aromatic N) is 1. The normalized spacial score (nSPS) is 10.5. The summed E-state index contributed by atoms with van der Waals surface area (Å²) in [4.78, 5) is 25.4. The van der Waals surface area contributed by atoms with Crippen LogP contribution in [-0.2, 0) is 16.0 Å². The molecule has 0 aliphatic rings. The number of methoxy groups -OCH3 is 1. The number of hydrogen-bond acceptors (Lipinski definition) is 4. The molecule has 0 aliphatic heterocycles. The van der Waals surface area contributed by atoms with E-state index in [1.54, 1.807) is 6.92 Å². The molecule has 0 aliphatic carbocycles. The van der Waals surface area contributed by atoms with E-state index in [0.29, 0.717) is 17.9 Å². The van der Waals surface area contributed by atoms with Crippen LogP contribution >= 0.6 is 0 Å². The number of aromatic nitrogens is 1. The number of esters is 2. The molecule has 0 atom stereocenters. The minimum atomic E-state index is -0.559. The molecule has 0 saturated carbocycles. The first-order valence-corrected chi connectivity index (χ1v) is 9.16. The van der Waals surface area contributed by atoms with E-state index in [1.165, 1.54) is 7.11 Å². The van der Waals surface area contributed by atoms with Crippen LogP contribution in [0.3, 0.4) is 0 Å². The first-order chi connectivity index (χ1) is 13.6. The van der Waals surface area contributed by atoms with Gasteiger partial charge in [0.1, 0.15) is 5.56 Å². The van der Waals surface area contributed by atoms with Gasteiger partial charge in [-0.05, 0) is 25.0 Å². The van der Waals surface area contributed by atoms with Crippen molar-refractivity contribution >= 4 is 11.9 Å². The number of carbonyl (C=O) groups excluding carboxylic acids is 2. The highest BCUT2D eigenvalue weighted by Gasteiger charge is 2.31. The van der Waals surface area contributed by atoms with E-state index in [4.69, 9.17) is 9.47 Å². The molecule has 0 spiro atoms. The molecule has 0 N–H and O–H groups in total. The lowest BCUT2D eigenvalue weighted by molar-refractivity contribution is 0.0504. The fourth-order valence-electron chi connectivity index (χ4n) is 3.35. The highest BCUT2D eigenvalue weighted by Crippen LogP contribution is 2.33. The Hall–Kier alpha value is -3.34. The number of carbonyl (C=O) groups is 2. The van der Waals surface area contributed by atoms with E-state index in [1.807, 2.05) is 72.2 Å². The van der Waals surface area contributed by atoms with Crippen LogP contribution in [0.2, 0.25) is 0 Å². The van der Waals surface area contributed by atoms with Gasteiger partial charge in [0, 0.05) is 12.2 Å². The monoisotopic (exact) mass is 377 g/mol. The number of benzene rings is 2. The third-order valence-electron chi connectivity index (χ3n) is 4.62. The van der Waals surface area contributed by atoms with Gasteiger partial charge < -0.3 is 14.0 Å². The molecule has 0 bridgehead atoms. The first-order valence-electron chi connectivity index (χ1n) is 9.16. The molecule has 3 rings (SSSR count). The zero-order valence-corrected chi connectivity index (χ0v) is 16.3. The van der Waals surface area contributed by atoms with E-state index >= 15 is 0 Å². The molecule has 144 valence electrons. The van der Waals surface area contributed by atoms with Crippen LogP contribution in [-0.4, -0.2) is 30.2 Å². The van der Waals surface area contributed by atoms with Crippen LogP contribution in [0.1, 0.15) is 38.9 Å². The fourth-order valence-corrected chi connectivity index (χ4v) is 3.35. The van der Waals surface area contributed by atoms with Crippen molar-refractivity contribution in [3.63, 3.8) is 0 Å². The fraction of sp³-hybridized carbons (Fsp3) is 0.217. The Bertz CT molecular complexity index is 975. The van der Waals surface area contributed by atoms with Crippen LogP contribution in [0.15, 0.2) is 60.7 Å². The van der Waals surface area contributed by atoms with Crippen molar-refractivity contribution in [1.82, 2.24) is 4.57 Å². The van der Waals surface area contributed by atoms with Crippen molar-refractivity contribution < 1.29 is 19.1 Å². The molecule has 0 saturated heterocycles. The molecule has 0 radical (unpaired) electrons. The second-order valence-electron chi connectivity index (χ2n) is 6.33. The summed E-state index contributed by atoms with van der Waals surface area (Å²) in [7, 11) is 1.32. The second kappa shape index (κ2) is 8.57. The van der Waals surface area contributed by atoms with E-state index < -0.39 is 11.9 Å². The average Bonchev–Trinajstić information content (AvgIpc) is 3.01. The zero-order chi connectivity index (χ0) is 20.1. The van der Waals surface area contributed by atoms with Crippen LogP contribution in [0.5, 0.6) is 0 Å². The minimum Gasteiger partial charge on any atom is -0.465 e. The van der Waals surface area contributed by atoms with E-state index in [2.05, 4.69) is 0 Å². The lowest BCUT2D eigenvalue weighted by Gasteiger charge is -2.13. The van der Waals surface area contributed by atoms with Gasteiger partial charge in [-0.25, -0.2) is 9.59 Å². The molecule has 1 heterocycles. The molecule has 1 aromatic heterocycles. The third-order valence-corrected chi connectivity index (χ3v) is 4.62. The van der Waals surface area contributed by atoms with Gasteiger partial charge in [-0.1, -0.05) is 60.7 Å². The molecule has 0 unspecified atom stereocenters. The summed E-state index contributed by atoms with van der Waals surface area (Å²) >= 11 is 0. The van der Waals surface area contributed by atoms with Gasteiger partial charge >= 0.3 is 11.9 Å². The maximum absolute atomic E-state index is 12.7. The van der Waals surface area contributed by atoms with Crippen LogP contribution in [0.25, 0.3) is 11.3 Å². The Morgan fingerprint density at radius 3 is 2.07 bits per heavy atom. The van der Waals surface area contributed by atoms with Gasteiger partial charge in [0.05, 0.1) is 25.0 Å². The summed E-state index contributed by atoms with van der Waals surface area (Å²) in [6.07, 6.45) is 0. The van der Waals surface area contributed by atoms with Gasteiger partial charge in [0.25, 0.3) is 0 Å². The Morgan fingerprint density at radius 2 is 1.50 bits per heavy atom. The van der Waals surface area contributed by atoms with Crippen molar-refractivity contribution in [2.75, 3.05) is 13.7 Å². The summed E-state index contributed by atoms with van der Waals surface area (Å²) < 4.78 is 12.2. The molecule has 0 amide bonds. The Labute approximate surface area is 164 Å². The molecule has 2 aromatic carbocycles. The van der Waals surface area contributed by atoms with Gasteiger partial charge in [-0.2, -0.15) is 0 Å². The smallest absolute Gasteiger partial charge is 0.340 e. The maximum atomic E-state index is 12.7. The van der Waals surface area contributed by atoms with Crippen molar-refractivity contribution in [1.29, 1.82) is 0 Å². The Morgan fingerprint density at radius 1 is 0.893 bits per heavy atom. The average molecular weight is 377 g/mol. The van der Waals surface area contributed by atoms with Crippen molar-refractivity contribution in [3.8, 4) is 11.3 Å². The third kappa shape index (κ3) is 3.69. The predicted octanol–water partition coefficient (Wildman–Crippen LogP) is 4.48. The molecule has 5 heteroatoms. The topological polar surface area (TPSA) is 57.5 Å². The highest BCUT2D eigenvalue weighted by atomic mass is 16.5. The van der Waals surface area contributed by atoms with E-state index in [9.17, 15) is 9.59 Å². The molecule has 0 fully saturated rings. The second-order valence-corrected chi connectivity index (χ2v) is 6.33. The summed E-state index contributed by atoms with van der Waals surface area (Å²) in [5.41, 5.74) is 3.70. The molecule has 5 nitrogen and oxygen atoms in total. The van der Waals surface area contributed by atoms with Gasteiger partial charge in [-0.3, -0.25) is 0 Å². The van der Waals surface area contributed by atoms with Gasteiger partial charge in [0.15, 0.2) is 0 Å². The quantitative estimate of drug-likeness (QED) is 0.595. The molecular formula is C23H23NO4. The lowest BCUT2D eigenvalue weighted by atomic mass is 10.0. The van der Waals surface area contributed by atoms with Crippen LogP contribution in [0.4, 0.5) is 0 Å². The van der Waals surface area contributed by atoms with E-state index in [0.717, 1.165) is 11.1 Å². The Kier molecular flexibility index (Phi) is 5.94. The van der Waals surface area contributed by atoms with Crippen LogP contribution in [0, 0.1) is 6.92 Å². The van der Waals surface area contributed by atoms with Gasteiger partial charge in [0.2, 0.25) is 0 Å². The number of ether oxygens (including phenoxy) is 2. The SMILES string of the molecule is CCOC(=O)c1c(C(=O)OC)c(-c2ccccc2)n(Cc2ccccc2)c1C.